The monoisotopic (exact) mass is 385 g/mol. The summed E-state index contributed by atoms with van der Waals surface area (Å²) in [5.74, 6) is 0.837. The molecule has 4 N–H and O–H groups in total. The fourth-order valence-corrected chi connectivity index (χ4v) is 3.78. The molecule has 25 heavy (non-hydrogen) atoms. The average molecular weight is 386 g/mol. The highest BCUT2D eigenvalue weighted by Crippen LogP contribution is 2.24. The molecule has 140 valence electrons. The Kier molecular flexibility index (Phi) is 10.6. The van der Waals surface area contributed by atoms with Crippen LogP contribution in [0.2, 0.25) is 0 Å². The number of nitrogens with one attached hydrogen (secondary N) is 2. The van der Waals surface area contributed by atoms with Crippen molar-refractivity contribution in [3.8, 4) is 0 Å². The van der Waals surface area contributed by atoms with Crippen molar-refractivity contribution in [2.45, 2.75) is 37.0 Å². The van der Waals surface area contributed by atoms with Crippen molar-refractivity contribution in [3.05, 3.63) is 29.8 Å². The zero-order valence-corrected chi connectivity index (χ0v) is 16.1. The number of hydrogen-bond acceptors (Lipinski definition) is 4. The van der Waals surface area contributed by atoms with Gasteiger partial charge in [0.1, 0.15) is 0 Å². The Morgan fingerprint density at radius 3 is 2.56 bits per heavy atom. The number of thioether (sulfide) groups is 1. The van der Waals surface area contributed by atoms with Crippen molar-refractivity contribution in [2.24, 2.45) is 11.7 Å². The van der Waals surface area contributed by atoms with E-state index in [1.165, 1.54) is 43.9 Å². The van der Waals surface area contributed by atoms with E-state index >= 15 is 0 Å². The number of benzene rings is 1. The van der Waals surface area contributed by atoms with Gasteiger partial charge in [-0.05, 0) is 30.9 Å². The Morgan fingerprint density at radius 2 is 1.84 bits per heavy atom. The van der Waals surface area contributed by atoms with Crippen LogP contribution in [0.15, 0.2) is 29.2 Å². The average Bonchev–Trinajstić information content (AvgIpc) is 2.63. The highest BCUT2D eigenvalue weighted by Gasteiger charge is 2.15. The molecule has 0 spiro atoms. The summed E-state index contributed by atoms with van der Waals surface area (Å²) in [4.78, 5) is 25.0. The number of amides is 2. The molecule has 0 saturated heterocycles. The Labute approximate surface area is 160 Å². The number of halogens is 1. The summed E-state index contributed by atoms with van der Waals surface area (Å²) in [5, 5.41) is 5.80. The van der Waals surface area contributed by atoms with Gasteiger partial charge in [-0.1, -0.05) is 31.4 Å². The molecule has 0 heterocycles. The zero-order chi connectivity index (χ0) is 17.2. The van der Waals surface area contributed by atoms with Crippen molar-refractivity contribution in [1.82, 2.24) is 10.6 Å². The molecule has 7 heteroatoms. The smallest absolute Gasteiger partial charge is 0.252 e. The van der Waals surface area contributed by atoms with E-state index in [4.69, 9.17) is 5.73 Å². The van der Waals surface area contributed by atoms with Crippen LogP contribution in [0.5, 0.6) is 0 Å². The van der Waals surface area contributed by atoms with E-state index in [0.717, 1.165) is 11.4 Å². The molecule has 0 atom stereocenters. The Bertz CT molecular complexity index is 551. The maximum atomic E-state index is 12.1. The van der Waals surface area contributed by atoms with Gasteiger partial charge in [0.2, 0.25) is 5.91 Å². The lowest BCUT2D eigenvalue weighted by Crippen LogP contribution is -2.31. The van der Waals surface area contributed by atoms with E-state index in [2.05, 4.69) is 10.6 Å². The first-order valence-electron chi connectivity index (χ1n) is 8.67. The molecular formula is C18H28ClN3O2S. The van der Waals surface area contributed by atoms with E-state index in [0.29, 0.717) is 30.3 Å². The molecule has 0 radical (unpaired) electrons. The molecule has 1 saturated carbocycles. The van der Waals surface area contributed by atoms with Crippen LogP contribution in [-0.4, -0.2) is 37.2 Å². The lowest BCUT2D eigenvalue weighted by Gasteiger charge is -2.21. The summed E-state index contributed by atoms with van der Waals surface area (Å²) < 4.78 is 0. The number of rotatable bonds is 8. The maximum Gasteiger partial charge on any atom is 0.252 e. The summed E-state index contributed by atoms with van der Waals surface area (Å²) in [6.07, 6.45) is 6.32. The van der Waals surface area contributed by atoms with Gasteiger partial charge >= 0.3 is 0 Å². The van der Waals surface area contributed by atoms with Crippen LogP contribution < -0.4 is 16.4 Å². The molecule has 0 bridgehead atoms. The fraction of sp³-hybridized carbons (Fsp3) is 0.556. The van der Waals surface area contributed by atoms with E-state index < -0.39 is 0 Å². The third kappa shape index (κ3) is 7.67. The second kappa shape index (κ2) is 12.2. The van der Waals surface area contributed by atoms with Gasteiger partial charge in [-0.15, -0.1) is 24.2 Å². The maximum absolute atomic E-state index is 12.1. The lowest BCUT2D eigenvalue weighted by atomic mass is 9.89. The first kappa shape index (κ1) is 21.8. The molecule has 2 amide bonds. The van der Waals surface area contributed by atoms with Crippen molar-refractivity contribution < 1.29 is 9.59 Å². The van der Waals surface area contributed by atoms with E-state index in [1.807, 2.05) is 18.2 Å². The van der Waals surface area contributed by atoms with Gasteiger partial charge in [0.25, 0.3) is 5.91 Å². The van der Waals surface area contributed by atoms with Gasteiger partial charge in [-0.2, -0.15) is 0 Å². The summed E-state index contributed by atoms with van der Waals surface area (Å²) in [5.41, 5.74) is 6.01. The van der Waals surface area contributed by atoms with Crippen molar-refractivity contribution in [2.75, 3.05) is 25.4 Å². The number of carbonyl (C=O) groups excluding carboxylic acids is 2. The van der Waals surface area contributed by atoms with E-state index in [9.17, 15) is 9.59 Å². The van der Waals surface area contributed by atoms with Crippen LogP contribution >= 0.6 is 24.2 Å². The third-order valence-corrected chi connectivity index (χ3v) is 5.31. The minimum absolute atomic E-state index is 0. The summed E-state index contributed by atoms with van der Waals surface area (Å²) in [7, 11) is 0. The molecule has 5 nitrogen and oxygen atoms in total. The molecule has 1 aliphatic carbocycles. The fourth-order valence-electron chi connectivity index (χ4n) is 2.90. The molecule has 1 aromatic rings. The van der Waals surface area contributed by atoms with Gasteiger partial charge in [0.15, 0.2) is 0 Å². The topological polar surface area (TPSA) is 84.2 Å². The van der Waals surface area contributed by atoms with Crippen LogP contribution in [0.4, 0.5) is 0 Å². The predicted octanol–water partition coefficient (Wildman–Crippen LogP) is 2.59. The van der Waals surface area contributed by atoms with Gasteiger partial charge in [0.05, 0.1) is 11.3 Å². The van der Waals surface area contributed by atoms with Crippen molar-refractivity contribution >= 4 is 36.0 Å². The van der Waals surface area contributed by atoms with Crippen molar-refractivity contribution in [1.29, 1.82) is 0 Å². The van der Waals surface area contributed by atoms with Gasteiger partial charge < -0.3 is 16.4 Å². The first-order valence-corrected chi connectivity index (χ1v) is 9.66. The molecule has 0 aromatic heterocycles. The Balaban J connectivity index is 0.00000312. The van der Waals surface area contributed by atoms with Crippen LogP contribution in [0.25, 0.3) is 0 Å². The number of nitrogens with two attached hydrogens (primary N) is 1. The van der Waals surface area contributed by atoms with Crippen LogP contribution in [-0.2, 0) is 4.79 Å². The highest BCUT2D eigenvalue weighted by atomic mass is 35.5. The van der Waals surface area contributed by atoms with Gasteiger partial charge in [-0.25, -0.2) is 0 Å². The molecule has 2 rings (SSSR count). The molecular weight excluding hydrogens is 358 g/mol. The molecule has 1 fully saturated rings. The van der Waals surface area contributed by atoms with E-state index in [1.54, 1.807) is 6.07 Å². The van der Waals surface area contributed by atoms with Crippen LogP contribution in [0, 0.1) is 5.92 Å². The minimum atomic E-state index is -0.147. The SMILES string of the molecule is Cl.NCCNC(=O)c1ccccc1SCC(=O)NCC1CCCCC1. The molecule has 1 aliphatic rings. The minimum Gasteiger partial charge on any atom is -0.355 e. The second-order valence-electron chi connectivity index (χ2n) is 6.14. The second-order valence-corrected chi connectivity index (χ2v) is 7.15. The zero-order valence-electron chi connectivity index (χ0n) is 14.5. The molecule has 0 unspecified atom stereocenters. The van der Waals surface area contributed by atoms with E-state index in [-0.39, 0.29) is 24.2 Å². The molecule has 0 aliphatic heterocycles. The van der Waals surface area contributed by atoms with Crippen LogP contribution in [0.1, 0.15) is 42.5 Å². The third-order valence-electron chi connectivity index (χ3n) is 4.23. The standard InChI is InChI=1S/C18H27N3O2S.ClH/c19-10-11-20-18(23)15-8-4-5-9-16(15)24-13-17(22)21-12-14-6-2-1-3-7-14;/h4-5,8-9,14H,1-3,6-7,10-13,19H2,(H,20,23)(H,21,22);1H. The van der Waals surface area contributed by atoms with Gasteiger partial charge in [-0.3, -0.25) is 9.59 Å². The predicted molar refractivity (Wildman–Crippen MR) is 105 cm³/mol. The highest BCUT2D eigenvalue weighted by molar-refractivity contribution is 8.00. The Morgan fingerprint density at radius 1 is 1.12 bits per heavy atom. The largest absolute Gasteiger partial charge is 0.355 e. The number of carbonyl (C=O) groups is 2. The van der Waals surface area contributed by atoms with Crippen molar-refractivity contribution in [3.63, 3.8) is 0 Å². The summed E-state index contributed by atoms with van der Waals surface area (Å²) >= 11 is 1.40. The summed E-state index contributed by atoms with van der Waals surface area (Å²) in [6, 6.07) is 7.34. The summed E-state index contributed by atoms with van der Waals surface area (Å²) in [6.45, 7) is 1.63. The normalized spacial score (nSPS) is 14.4. The van der Waals surface area contributed by atoms with Gasteiger partial charge in [0, 0.05) is 24.5 Å². The van der Waals surface area contributed by atoms with Crippen LogP contribution in [0.3, 0.4) is 0 Å². The first-order chi connectivity index (χ1) is 11.7. The Hall–Kier alpha value is -1.24. The number of hydrogen-bond donors (Lipinski definition) is 3. The lowest BCUT2D eigenvalue weighted by molar-refractivity contribution is -0.118. The molecule has 1 aromatic carbocycles. The quantitative estimate of drug-likeness (QED) is 0.600.